The Morgan fingerprint density at radius 1 is 1.17 bits per heavy atom. The third-order valence-electron chi connectivity index (χ3n) is 2.31. The zero-order valence-corrected chi connectivity index (χ0v) is 12.0. The number of rotatable bonds is 1. The Kier molecular flexibility index (Phi) is 6.17. The van der Waals surface area contributed by atoms with Crippen LogP contribution in [0.15, 0.2) is 24.3 Å². The first kappa shape index (κ1) is 15.5. The lowest BCUT2D eigenvalue weighted by molar-refractivity contribution is 0.589. The molecule has 1 aliphatic heterocycles. The molecular weight excluding hydrogens is 297 g/mol. The molecule has 3 N–H and O–H groups in total. The van der Waals surface area contributed by atoms with Crippen LogP contribution in [0.3, 0.4) is 0 Å². The average molecular weight is 312 g/mol. The summed E-state index contributed by atoms with van der Waals surface area (Å²) in [4.78, 5) is 2.37. The Morgan fingerprint density at radius 3 is 2.06 bits per heavy atom. The van der Waals surface area contributed by atoms with Crippen molar-refractivity contribution < 1.29 is 8.42 Å². The summed E-state index contributed by atoms with van der Waals surface area (Å²) < 4.78 is 18.4. The lowest BCUT2D eigenvalue weighted by atomic mass is 10.2. The van der Waals surface area contributed by atoms with Gasteiger partial charge < -0.3 is 10.2 Å². The molecule has 5 nitrogen and oxygen atoms in total. The van der Waals surface area contributed by atoms with Crippen LogP contribution in [0.25, 0.3) is 0 Å². The van der Waals surface area contributed by atoms with Crippen molar-refractivity contribution in [2.24, 2.45) is 5.14 Å². The first-order chi connectivity index (χ1) is 8.36. The summed E-state index contributed by atoms with van der Waals surface area (Å²) in [6, 6.07) is 8.04. The molecule has 0 bridgehead atoms. The highest BCUT2D eigenvalue weighted by molar-refractivity contribution is 8.11. The second kappa shape index (κ2) is 7.16. The van der Waals surface area contributed by atoms with Gasteiger partial charge >= 0.3 is 0 Å². The molecule has 0 radical (unpaired) electrons. The molecule has 0 unspecified atom stereocenters. The maximum atomic E-state index is 9.18. The molecule has 1 fully saturated rings. The van der Waals surface area contributed by atoms with Crippen molar-refractivity contribution in [3.63, 3.8) is 0 Å². The van der Waals surface area contributed by atoms with E-state index >= 15 is 0 Å². The van der Waals surface area contributed by atoms with E-state index in [9.17, 15) is 8.42 Å². The average Bonchev–Trinajstić information content (AvgIpc) is 2.29. The van der Waals surface area contributed by atoms with Crippen molar-refractivity contribution in [1.29, 1.82) is 0 Å². The summed E-state index contributed by atoms with van der Waals surface area (Å²) in [7, 11) is 0.586. The van der Waals surface area contributed by atoms with Crippen LogP contribution in [0.2, 0.25) is 5.02 Å². The molecule has 1 aromatic rings. The number of nitrogens with one attached hydrogen (secondary N) is 1. The zero-order valence-electron chi connectivity index (χ0n) is 9.64. The van der Waals surface area contributed by atoms with Crippen LogP contribution in [0.4, 0.5) is 5.69 Å². The largest absolute Gasteiger partial charge is 0.369 e. The standard InChI is InChI=1S/C10H13ClN2.ClH2NO2S/c11-9-1-3-10(4-2-9)13-7-5-12-6-8-13;1-5(2,3)4/h1-4,12H,5-8H2;(H2,2,3,4). The first-order valence-electron chi connectivity index (χ1n) is 5.30. The summed E-state index contributed by atoms with van der Waals surface area (Å²) in [5.74, 6) is 0. The summed E-state index contributed by atoms with van der Waals surface area (Å²) in [6.07, 6.45) is 0. The Bertz CT molecular complexity index is 451. The van der Waals surface area contributed by atoms with Gasteiger partial charge in [0.25, 0.3) is 9.24 Å². The van der Waals surface area contributed by atoms with Gasteiger partial charge in [0.15, 0.2) is 0 Å². The van der Waals surface area contributed by atoms with Crippen molar-refractivity contribution >= 4 is 37.2 Å². The van der Waals surface area contributed by atoms with Crippen LogP contribution in [-0.2, 0) is 9.24 Å². The van der Waals surface area contributed by atoms with Crippen LogP contribution in [0, 0.1) is 0 Å². The maximum Gasteiger partial charge on any atom is 0.294 e. The van der Waals surface area contributed by atoms with Crippen molar-refractivity contribution in [3.05, 3.63) is 29.3 Å². The van der Waals surface area contributed by atoms with Crippen molar-refractivity contribution in [2.75, 3.05) is 31.1 Å². The van der Waals surface area contributed by atoms with Gasteiger partial charge in [-0.15, -0.1) is 0 Å². The van der Waals surface area contributed by atoms with Crippen molar-refractivity contribution in [1.82, 2.24) is 5.32 Å². The molecule has 1 aromatic carbocycles. The maximum absolute atomic E-state index is 9.18. The molecule has 102 valence electrons. The van der Waals surface area contributed by atoms with Crippen LogP contribution < -0.4 is 15.4 Å². The van der Waals surface area contributed by atoms with Crippen molar-refractivity contribution in [2.45, 2.75) is 0 Å². The summed E-state index contributed by atoms with van der Waals surface area (Å²) >= 11 is 5.82. The molecule has 1 saturated heterocycles. The van der Waals surface area contributed by atoms with E-state index in [4.69, 9.17) is 11.6 Å². The van der Waals surface area contributed by atoms with Crippen LogP contribution in [0.1, 0.15) is 0 Å². The van der Waals surface area contributed by atoms with Crippen molar-refractivity contribution in [3.8, 4) is 0 Å². The van der Waals surface area contributed by atoms with Gasteiger partial charge in [-0.2, -0.15) is 8.42 Å². The van der Waals surface area contributed by atoms with E-state index in [0.29, 0.717) is 0 Å². The molecule has 0 saturated carbocycles. The highest BCUT2D eigenvalue weighted by Gasteiger charge is 2.09. The lowest BCUT2D eigenvalue weighted by Crippen LogP contribution is -2.43. The van der Waals surface area contributed by atoms with Gasteiger partial charge in [-0.25, -0.2) is 5.14 Å². The Hall–Kier alpha value is -0.530. The predicted octanol–water partition coefficient (Wildman–Crippen LogP) is 1.18. The number of nitrogens with two attached hydrogens (primary N) is 1. The minimum atomic E-state index is -3.69. The van der Waals surface area contributed by atoms with Gasteiger partial charge in [-0.05, 0) is 24.3 Å². The van der Waals surface area contributed by atoms with Gasteiger partial charge in [0.05, 0.1) is 0 Å². The quantitative estimate of drug-likeness (QED) is 0.764. The number of hydrogen-bond acceptors (Lipinski definition) is 4. The third kappa shape index (κ3) is 7.03. The Balaban J connectivity index is 0.000000280. The van der Waals surface area contributed by atoms with Gasteiger partial charge in [-0.1, -0.05) is 11.6 Å². The molecule has 0 aromatic heterocycles. The van der Waals surface area contributed by atoms with Crippen LogP contribution in [0.5, 0.6) is 0 Å². The molecule has 0 atom stereocenters. The second-order valence-electron chi connectivity index (χ2n) is 3.69. The SMILES string of the molecule is Clc1ccc(N2CCNCC2)cc1.NS(=O)(=O)Cl. The highest BCUT2D eigenvalue weighted by Crippen LogP contribution is 2.17. The summed E-state index contributed by atoms with van der Waals surface area (Å²) in [5, 5.41) is 8.22. The van der Waals surface area contributed by atoms with Crippen LogP contribution >= 0.6 is 22.3 Å². The minimum absolute atomic E-state index is 0.805. The lowest BCUT2D eigenvalue weighted by Gasteiger charge is -2.29. The van der Waals surface area contributed by atoms with Gasteiger partial charge in [-0.3, -0.25) is 0 Å². The Labute approximate surface area is 116 Å². The smallest absolute Gasteiger partial charge is 0.294 e. The molecule has 18 heavy (non-hydrogen) atoms. The number of nitrogens with zero attached hydrogens (tertiary/aromatic N) is 1. The van der Waals surface area contributed by atoms with E-state index in [0.717, 1.165) is 31.2 Å². The molecular formula is C10H15Cl2N3O2S. The van der Waals surface area contributed by atoms with Crippen LogP contribution in [-0.4, -0.2) is 34.6 Å². The molecule has 1 heterocycles. The fourth-order valence-corrected chi connectivity index (χ4v) is 1.70. The van der Waals surface area contributed by atoms with E-state index < -0.39 is 9.24 Å². The Morgan fingerprint density at radius 2 is 1.61 bits per heavy atom. The molecule has 0 spiro atoms. The molecule has 1 aliphatic rings. The number of anilines is 1. The predicted molar refractivity (Wildman–Crippen MR) is 75.5 cm³/mol. The first-order valence-corrected chi connectivity index (χ1v) is 8.05. The number of benzene rings is 1. The molecule has 2 rings (SSSR count). The summed E-state index contributed by atoms with van der Waals surface area (Å²) in [5.41, 5.74) is 1.27. The number of halogens is 2. The topological polar surface area (TPSA) is 75.4 Å². The summed E-state index contributed by atoms with van der Waals surface area (Å²) in [6.45, 7) is 4.31. The fourth-order valence-electron chi connectivity index (χ4n) is 1.57. The van der Waals surface area contributed by atoms with Gasteiger partial charge in [0.1, 0.15) is 0 Å². The molecule has 0 amide bonds. The highest BCUT2D eigenvalue weighted by atomic mass is 35.7. The van der Waals surface area contributed by atoms with Gasteiger partial charge in [0, 0.05) is 47.6 Å². The molecule has 0 aliphatic carbocycles. The van der Waals surface area contributed by atoms with E-state index in [2.05, 4.69) is 38.2 Å². The minimum Gasteiger partial charge on any atom is -0.369 e. The van der Waals surface area contributed by atoms with E-state index in [1.54, 1.807) is 0 Å². The normalized spacial score (nSPS) is 15.8. The van der Waals surface area contributed by atoms with E-state index in [1.807, 2.05) is 12.1 Å². The molecule has 8 heteroatoms. The third-order valence-corrected chi connectivity index (χ3v) is 2.56. The van der Waals surface area contributed by atoms with E-state index in [1.165, 1.54) is 5.69 Å². The number of piperazine rings is 1. The van der Waals surface area contributed by atoms with E-state index in [-0.39, 0.29) is 0 Å². The van der Waals surface area contributed by atoms with Gasteiger partial charge in [0.2, 0.25) is 0 Å². The second-order valence-corrected chi connectivity index (χ2v) is 6.37. The number of hydrogen-bond donors (Lipinski definition) is 2. The monoisotopic (exact) mass is 311 g/mol. The fraction of sp³-hybridized carbons (Fsp3) is 0.400. The zero-order chi connectivity index (χ0) is 13.6.